The van der Waals surface area contributed by atoms with Gasteiger partial charge in [-0.25, -0.2) is 0 Å². The Bertz CT molecular complexity index is 1040. The number of amides is 3. The molecule has 0 aromatic heterocycles. The third-order valence-electron chi connectivity index (χ3n) is 4.74. The van der Waals surface area contributed by atoms with Gasteiger partial charge in [0, 0.05) is 19.4 Å². The summed E-state index contributed by atoms with van der Waals surface area (Å²) in [6.07, 6.45) is 0. The van der Waals surface area contributed by atoms with Crippen LogP contribution in [0.2, 0.25) is 0 Å². The number of nitrogens with one attached hydrogen (secondary N) is 1. The van der Waals surface area contributed by atoms with E-state index in [2.05, 4.69) is 10.4 Å². The number of ether oxygens (including phenoxy) is 1. The van der Waals surface area contributed by atoms with Gasteiger partial charge in [0.15, 0.2) is 5.17 Å². The van der Waals surface area contributed by atoms with Gasteiger partial charge in [-0.2, -0.15) is 5.01 Å². The third-order valence-corrected chi connectivity index (χ3v) is 5.98. The van der Waals surface area contributed by atoms with Gasteiger partial charge in [0.25, 0.3) is 5.91 Å². The fourth-order valence-corrected chi connectivity index (χ4v) is 4.89. The molecular formula is C21H20N4O4S. The molecule has 4 rings (SSSR count). The average Bonchev–Trinajstić information content (AvgIpc) is 3.21. The van der Waals surface area contributed by atoms with E-state index in [1.807, 2.05) is 48.5 Å². The number of nitrogens with zero attached hydrogens (tertiary/aromatic N) is 3. The first-order valence-electron chi connectivity index (χ1n) is 9.39. The van der Waals surface area contributed by atoms with Crippen molar-refractivity contribution < 1.29 is 19.1 Å². The van der Waals surface area contributed by atoms with Gasteiger partial charge >= 0.3 is 0 Å². The Hall–Kier alpha value is -3.33. The number of amidine groups is 1. The number of thioether (sulfide) groups is 1. The Balaban J connectivity index is 1.64. The van der Waals surface area contributed by atoms with Crippen molar-refractivity contribution in [2.24, 2.45) is 5.10 Å². The molecule has 0 saturated carbocycles. The molecule has 3 amide bonds. The molecule has 0 fully saturated rings. The van der Waals surface area contributed by atoms with Crippen LogP contribution in [0.4, 0.5) is 5.69 Å². The number of anilines is 1. The fraction of sp³-hybridized carbons (Fsp3) is 0.238. The lowest BCUT2D eigenvalue weighted by molar-refractivity contribution is -0.139. The van der Waals surface area contributed by atoms with E-state index in [1.165, 1.54) is 13.8 Å². The Morgan fingerprint density at radius 1 is 1.10 bits per heavy atom. The minimum absolute atomic E-state index is 0.211. The molecule has 1 N–H and O–H groups in total. The maximum Gasteiger partial charge on any atom is 0.270 e. The van der Waals surface area contributed by atoms with Gasteiger partial charge in [-0.3, -0.25) is 14.4 Å². The Morgan fingerprint density at radius 2 is 1.80 bits per heavy atom. The number of carbonyl (C=O) groups excluding carboxylic acids is 3. The smallest absolute Gasteiger partial charge is 0.270 e. The topological polar surface area (TPSA) is 91.3 Å². The van der Waals surface area contributed by atoms with Crippen LogP contribution >= 0.6 is 11.8 Å². The van der Waals surface area contributed by atoms with Crippen molar-refractivity contribution in [2.75, 3.05) is 18.1 Å². The van der Waals surface area contributed by atoms with Crippen LogP contribution in [0.5, 0.6) is 5.75 Å². The van der Waals surface area contributed by atoms with Crippen LogP contribution < -0.4 is 15.0 Å². The molecule has 2 aliphatic heterocycles. The summed E-state index contributed by atoms with van der Waals surface area (Å²) in [4.78, 5) is 37.8. The molecule has 2 heterocycles. The molecule has 2 aliphatic rings. The highest BCUT2D eigenvalue weighted by Gasteiger charge is 2.60. The van der Waals surface area contributed by atoms with E-state index in [1.54, 1.807) is 11.0 Å². The van der Waals surface area contributed by atoms with E-state index in [9.17, 15) is 14.4 Å². The van der Waals surface area contributed by atoms with Gasteiger partial charge in [-0.05, 0) is 30.0 Å². The van der Waals surface area contributed by atoms with E-state index in [0.29, 0.717) is 23.5 Å². The van der Waals surface area contributed by atoms with Crippen molar-refractivity contribution in [2.45, 2.75) is 18.7 Å². The first-order chi connectivity index (χ1) is 14.4. The molecule has 8 nitrogen and oxygen atoms in total. The molecule has 1 atom stereocenters. The van der Waals surface area contributed by atoms with Crippen LogP contribution in [0, 0.1) is 0 Å². The highest BCUT2D eigenvalue weighted by molar-refractivity contribution is 8.15. The number of fused-ring (bicyclic) bond motifs is 2. The first-order valence-corrected chi connectivity index (χ1v) is 10.2. The molecular weight excluding hydrogens is 404 g/mol. The summed E-state index contributed by atoms with van der Waals surface area (Å²) in [5, 5.41) is 8.19. The van der Waals surface area contributed by atoms with Gasteiger partial charge in [0.1, 0.15) is 12.4 Å². The predicted molar refractivity (Wildman–Crippen MR) is 114 cm³/mol. The summed E-state index contributed by atoms with van der Waals surface area (Å²) >= 11 is 1.06. The minimum Gasteiger partial charge on any atom is -0.492 e. The van der Waals surface area contributed by atoms with Gasteiger partial charge in [-0.15, -0.1) is 5.10 Å². The number of rotatable bonds is 4. The van der Waals surface area contributed by atoms with Crippen LogP contribution in [-0.4, -0.2) is 41.0 Å². The molecule has 2 aromatic carbocycles. The summed E-state index contributed by atoms with van der Waals surface area (Å²) in [6.45, 7) is 3.28. The Labute approximate surface area is 177 Å². The summed E-state index contributed by atoms with van der Waals surface area (Å²) in [7, 11) is 0. The second-order valence-corrected chi connectivity index (χ2v) is 7.98. The van der Waals surface area contributed by atoms with Gasteiger partial charge < -0.3 is 15.0 Å². The summed E-state index contributed by atoms with van der Waals surface area (Å²) in [5.74, 6) is -0.310. The summed E-state index contributed by atoms with van der Waals surface area (Å²) < 4.78 is 5.76. The lowest BCUT2D eigenvalue weighted by Crippen LogP contribution is -2.49. The van der Waals surface area contributed by atoms with Crippen molar-refractivity contribution in [1.29, 1.82) is 0 Å². The van der Waals surface area contributed by atoms with E-state index in [-0.39, 0.29) is 23.6 Å². The number of hydrogen-bond acceptors (Lipinski definition) is 6. The molecule has 9 heteroatoms. The summed E-state index contributed by atoms with van der Waals surface area (Å²) in [6, 6.07) is 16.6. The highest BCUT2D eigenvalue weighted by atomic mass is 32.2. The average molecular weight is 424 g/mol. The number of carbonyl (C=O) groups is 3. The van der Waals surface area contributed by atoms with Gasteiger partial charge in [-0.1, -0.05) is 36.4 Å². The quantitative estimate of drug-likeness (QED) is 0.813. The molecule has 30 heavy (non-hydrogen) atoms. The summed E-state index contributed by atoms with van der Waals surface area (Å²) in [5.41, 5.74) is 1.34. The van der Waals surface area contributed by atoms with Crippen molar-refractivity contribution in [3.63, 3.8) is 0 Å². The van der Waals surface area contributed by atoms with Crippen molar-refractivity contribution in [3.05, 3.63) is 60.2 Å². The highest BCUT2D eigenvalue weighted by Crippen LogP contribution is 2.54. The molecule has 1 unspecified atom stereocenters. The third kappa shape index (κ3) is 3.30. The number of hydrogen-bond donors (Lipinski definition) is 1. The molecule has 2 aromatic rings. The van der Waals surface area contributed by atoms with Crippen LogP contribution in [-0.2, 0) is 19.3 Å². The maximum atomic E-state index is 13.6. The van der Waals surface area contributed by atoms with Gasteiger partial charge in [0.2, 0.25) is 16.7 Å². The first kappa shape index (κ1) is 20.0. The van der Waals surface area contributed by atoms with E-state index in [0.717, 1.165) is 16.8 Å². The molecule has 0 radical (unpaired) electrons. The van der Waals surface area contributed by atoms with Crippen LogP contribution in [0.1, 0.15) is 19.4 Å². The van der Waals surface area contributed by atoms with E-state index in [4.69, 9.17) is 4.74 Å². The molecule has 154 valence electrons. The number of para-hydroxylation sites is 2. The predicted octanol–water partition coefficient (Wildman–Crippen LogP) is 2.27. The second-order valence-electron chi connectivity index (χ2n) is 6.80. The van der Waals surface area contributed by atoms with E-state index < -0.39 is 10.8 Å². The second kappa shape index (κ2) is 7.83. The molecule has 0 bridgehead atoms. The largest absolute Gasteiger partial charge is 0.492 e. The zero-order chi connectivity index (χ0) is 21.3. The monoisotopic (exact) mass is 424 g/mol. The Kier molecular flexibility index (Phi) is 5.21. The van der Waals surface area contributed by atoms with Crippen molar-refractivity contribution in [1.82, 2.24) is 10.3 Å². The lowest BCUT2D eigenvalue weighted by Gasteiger charge is -2.29. The van der Waals surface area contributed by atoms with Crippen molar-refractivity contribution in [3.8, 4) is 5.75 Å². The SMILES string of the molecule is CC(=O)NC1=NN(C(C)=O)C2(S1)C(=O)N(CCOc1ccccc1)c1ccccc12. The van der Waals surface area contributed by atoms with Crippen LogP contribution in [0.3, 0.4) is 0 Å². The zero-order valence-electron chi connectivity index (χ0n) is 16.5. The van der Waals surface area contributed by atoms with Crippen LogP contribution in [0.25, 0.3) is 0 Å². The Morgan fingerprint density at radius 3 is 2.50 bits per heavy atom. The fourth-order valence-electron chi connectivity index (χ4n) is 3.56. The zero-order valence-corrected chi connectivity index (χ0v) is 17.3. The minimum atomic E-state index is -1.38. The normalized spacial score (nSPS) is 19.7. The van der Waals surface area contributed by atoms with Crippen LogP contribution in [0.15, 0.2) is 59.7 Å². The molecule has 0 saturated heterocycles. The standard InChI is InChI=1S/C21H20N4O4S/c1-14(26)22-20-23-25(15(2)27)21(30-20)17-10-6-7-11-18(17)24(19(21)28)12-13-29-16-8-4-3-5-9-16/h3-11H,12-13H2,1-2H3,(H,22,23,26). The van der Waals surface area contributed by atoms with Crippen molar-refractivity contribution >= 4 is 40.3 Å². The molecule has 1 spiro atoms. The van der Waals surface area contributed by atoms with Gasteiger partial charge in [0.05, 0.1) is 12.2 Å². The number of hydrazone groups is 1. The number of benzene rings is 2. The molecule has 0 aliphatic carbocycles. The van der Waals surface area contributed by atoms with E-state index >= 15 is 0 Å². The maximum absolute atomic E-state index is 13.6. The lowest BCUT2D eigenvalue weighted by atomic mass is 10.1.